The van der Waals surface area contributed by atoms with Crippen molar-refractivity contribution < 1.29 is 4.74 Å². The Morgan fingerprint density at radius 2 is 2.33 bits per heavy atom. The third-order valence-corrected chi connectivity index (χ3v) is 5.47. The van der Waals surface area contributed by atoms with Crippen LogP contribution < -0.4 is 5.32 Å². The van der Waals surface area contributed by atoms with Gasteiger partial charge in [0.2, 0.25) is 0 Å². The molecular weight excluding hydrogens is 348 g/mol. The maximum Gasteiger partial charge on any atom is 0.0701 e. The van der Waals surface area contributed by atoms with Crippen LogP contribution in [0.2, 0.25) is 0 Å². The summed E-state index contributed by atoms with van der Waals surface area (Å²) in [5.74, 6) is 0.699. The number of ether oxygens (including phenoxy) is 1. The van der Waals surface area contributed by atoms with Crippen LogP contribution in [0.5, 0.6) is 0 Å². The van der Waals surface area contributed by atoms with Crippen LogP contribution in [0.3, 0.4) is 0 Å². The van der Waals surface area contributed by atoms with E-state index in [2.05, 4.69) is 58.5 Å². The van der Waals surface area contributed by atoms with E-state index in [1.165, 1.54) is 9.35 Å². The van der Waals surface area contributed by atoms with Gasteiger partial charge < -0.3 is 15.0 Å². The highest BCUT2D eigenvalue weighted by molar-refractivity contribution is 9.11. The molecule has 0 saturated carbocycles. The van der Waals surface area contributed by atoms with E-state index in [1.54, 1.807) is 11.3 Å². The first kappa shape index (κ1) is 17.4. The lowest BCUT2D eigenvalue weighted by atomic mass is 9.86. The minimum atomic E-state index is 0.275. The summed E-state index contributed by atoms with van der Waals surface area (Å²) in [4.78, 5) is 2.43. The summed E-state index contributed by atoms with van der Waals surface area (Å²) in [6.07, 6.45) is 1.16. The van der Waals surface area contributed by atoms with Crippen LogP contribution in [-0.4, -0.2) is 44.8 Å². The van der Waals surface area contributed by atoms with E-state index in [4.69, 9.17) is 4.74 Å². The molecule has 1 aliphatic heterocycles. The van der Waals surface area contributed by atoms with Crippen LogP contribution in [0, 0.1) is 11.3 Å². The molecule has 0 aromatic carbocycles. The Labute approximate surface area is 141 Å². The van der Waals surface area contributed by atoms with E-state index in [-0.39, 0.29) is 5.41 Å². The summed E-state index contributed by atoms with van der Waals surface area (Å²) < 4.78 is 6.91. The Morgan fingerprint density at radius 3 is 2.90 bits per heavy atom. The number of rotatable bonds is 8. The van der Waals surface area contributed by atoms with Crippen LogP contribution in [0.4, 0.5) is 0 Å². The topological polar surface area (TPSA) is 24.5 Å². The predicted octanol–water partition coefficient (Wildman–Crippen LogP) is 3.59. The molecule has 3 nitrogen and oxygen atoms in total. The minimum absolute atomic E-state index is 0.275. The summed E-state index contributed by atoms with van der Waals surface area (Å²) in [5, 5.41) is 5.86. The fourth-order valence-electron chi connectivity index (χ4n) is 2.96. The molecule has 1 aliphatic rings. The van der Waals surface area contributed by atoms with Crippen LogP contribution in [0.15, 0.2) is 15.2 Å². The summed E-state index contributed by atoms with van der Waals surface area (Å²) in [6, 6.07) is 2.22. The van der Waals surface area contributed by atoms with Crippen molar-refractivity contribution in [1.29, 1.82) is 0 Å². The van der Waals surface area contributed by atoms with Crippen molar-refractivity contribution in [1.82, 2.24) is 10.2 Å². The van der Waals surface area contributed by atoms with Crippen molar-refractivity contribution in [2.75, 3.05) is 39.9 Å². The van der Waals surface area contributed by atoms with E-state index in [1.807, 2.05) is 0 Å². The van der Waals surface area contributed by atoms with Crippen molar-refractivity contribution in [3.63, 3.8) is 0 Å². The minimum Gasteiger partial charge on any atom is -0.381 e. The van der Waals surface area contributed by atoms with Gasteiger partial charge in [-0.05, 0) is 58.9 Å². The maximum absolute atomic E-state index is 5.70. The van der Waals surface area contributed by atoms with Crippen LogP contribution >= 0.6 is 27.3 Å². The van der Waals surface area contributed by atoms with E-state index in [0.29, 0.717) is 5.92 Å². The third-order valence-electron chi connectivity index (χ3n) is 3.92. The zero-order valence-electron chi connectivity index (χ0n) is 13.3. The molecule has 1 aromatic rings. The number of hydrogen-bond donors (Lipinski definition) is 1. The average Bonchev–Trinajstić information content (AvgIpc) is 2.99. The Hall–Kier alpha value is 0.0600. The predicted molar refractivity (Wildman–Crippen MR) is 93.9 cm³/mol. The summed E-state index contributed by atoms with van der Waals surface area (Å²) in [5.41, 5.74) is 1.66. The van der Waals surface area contributed by atoms with Gasteiger partial charge in [0, 0.05) is 31.7 Å². The monoisotopic (exact) mass is 374 g/mol. The SMILES string of the molecule is CC(C)CNCC1(CN(C)Cc2csc(Br)c2)CCOC1. The lowest BCUT2D eigenvalue weighted by Crippen LogP contribution is -2.44. The lowest BCUT2D eigenvalue weighted by Gasteiger charge is -2.32. The van der Waals surface area contributed by atoms with Crippen LogP contribution in [0.25, 0.3) is 0 Å². The van der Waals surface area contributed by atoms with E-state index < -0.39 is 0 Å². The molecule has 21 heavy (non-hydrogen) atoms. The van der Waals surface area contributed by atoms with Gasteiger partial charge in [-0.25, -0.2) is 0 Å². The zero-order valence-corrected chi connectivity index (χ0v) is 15.7. The second-order valence-electron chi connectivity index (χ2n) is 6.76. The van der Waals surface area contributed by atoms with Crippen LogP contribution in [-0.2, 0) is 11.3 Å². The van der Waals surface area contributed by atoms with Crippen LogP contribution in [0.1, 0.15) is 25.8 Å². The van der Waals surface area contributed by atoms with Gasteiger partial charge in [0.05, 0.1) is 10.4 Å². The van der Waals surface area contributed by atoms with Crippen molar-refractivity contribution >= 4 is 27.3 Å². The van der Waals surface area contributed by atoms with Gasteiger partial charge in [0.1, 0.15) is 0 Å². The van der Waals surface area contributed by atoms with E-state index >= 15 is 0 Å². The van der Waals surface area contributed by atoms with Gasteiger partial charge in [-0.3, -0.25) is 0 Å². The average molecular weight is 375 g/mol. The van der Waals surface area contributed by atoms with Gasteiger partial charge in [-0.15, -0.1) is 11.3 Å². The highest BCUT2D eigenvalue weighted by Crippen LogP contribution is 2.30. The normalized spacial score (nSPS) is 22.6. The smallest absolute Gasteiger partial charge is 0.0701 e. The van der Waals surface area contributed by atoms with Gasteiger partial charge in [0.25, 0.3) is 0 Å². The Bertz CT molecular complexity index is 430. The summed E-state index contributed by atoms with van der Waals surface area (Å²) in [7, 11) is 2.22. The molecule has 1 atom stereocenters. The maximum atomic E-state index is 5.70. The summed E-state index contributed by atoms with van der Waals surface area (Å²) >= 11 is 5.30. The van der Waals surface area contributed by atoms with Gasteiger partial charge in [0.15, 0.2) is 0 Å². The quantitative estimate of drug-likeness (QED) is 0.752. The molecule has 2 rings (SSSR count). The molecule has 0 aliphatic carbocycles. The summed E-state index contributed by atoms with van der Waals surface area (Å²) in [6.45, 7) is 10.5. The number of thiophene rings is 1. The second kappa shape index (κ2) is 8.06. The first-order valence-corrected chi connectivity index (χ1v) is 9.36. The Morgan fingerprint density at radius 1 is 1.52 bits per heavy atom. The number of hydrogen-bond acceptors (Lipinski definition) is 4. The van der Waals surface area contributed by atoms with Crippen molar-refractivity contribution in [3.8, 4) is 0 Å². The molecule has 120 valence electrons. The standard InChI is InChI=1S/C16H27BrN2OS/c1-13(2)7-18-10-16(4-5-20-12-16)11-19(3)8-14-6-15(17)21-9-14/h6,9,13,18H,4-5,7-8,10-12H2,1-3H3. The molecule has 5 heteroatoms. The Kier molecular flexibility index (Phi) is 6.69. The highest BCUT2D eigenvalue weighted by Gasteiger charge is 2.35. The highest BCUT2D eigenvalue weighted by atomic mass is 79.9. The van der Waals surface area contributed by atoms with Crippen molar-refractivity contribution in [3.05, 3.63) is 20.8 Å². The number of nitrogens with zero attached hydrogens (tertiary/aromatic N) is 1. The molecule has 1 fully saturated rings. The lowest BCUT2D eigenvalue weighted by molar-refractivity contribution is 0.116. The van der Waals surface area contributed by atoms with Gasteiger partial charge in [-0.1, -0.05) is 13.8 Å². The third kappa shape index (κ3) is 5.64. The molecule has 0 amide bonds. The molecule has 0 spiro atoms. The van der Waals surface area contributed by atoms with Crippen molar-refractivity contribution in [2.24, 2.45) is 11.3 Å². The fourth-order valence-corrected chi connectivity index (χ4v) is 4.16. The number of halogens is 1. The molecule has 0 bridgehead atoms. The molecule has 1 aromatic heterocycles. The molecule has 1 N–H and O–H groups in total. The molecular formula is C16H27BrN2OS. The second-order valence-corrected chi connectivity index (χ2v) is 9.05. The molecule has 0 radical (unpaired) electrons. The largest absolute Gasteiger partial charge is 0.381 e. The molecule has 1 saturated heterocycles. The fraction of sp³-hybridized carbons (Fsp3) is 0.750. The zero-order chi connectivity index (χ0) is 15.3. The van der Waals surface area contributed by atoms with E-state index in [0.717, 1.165) is 45.8 Å². The van der Waals surface area contributed by atoms with Gasteiger partial charge >= 0.3 is 0 Å². The number of nitrogens with one attached hydrogen (secondary N) is 1. The first-order chi connectivity index (χ1) is 9.99. The molecule has 1 unspecified atom stereocenters. The first-order valence-electron chi connectivity index (χ1n) is 7.69. The Balaban J connectivity index is 1.86. The van der Waals surface area contributed by atoms with E-state index in [9.17, 15) is 0 Å². The van der Waals surface area contributed by atoms with Gasteiger partial charge in [-0.2, -0.15) is 0 Å². The molecule has 2 heterocycles. The van der Waals surface area contributed by atoms with Crippen molar-refractivity contribution in [2.45, 2.75) is 26.8 Å².